The van der Waals surface area contributed by atoms with Crippen molar-refractivity contribution in [1.29, 1.82) is 0 Å². The van der Waals surface area contributed by atoms with Crippen molar-refractivity contribution in [1.82, 2.24) is 9.55 Å². The molecule has 1 aliphatic carbocycles. The molecule has 0 unspecified atom stereocenters. The van der Waals surface area contributed by atoms with Gasteiger partial charge in [0.1, 0.15) is 11.6 Å². The van der Waals surface area contributed by atoms with Crippen LogP contribution in [0.15, 0.2) is 35.1 Å². The molecule has 0 atom stereocenters. The van der Waals surface area contributed by atoms with E-state index < -0.39 is 0 Å². The Hall–Kier alpha value is -2.32. The standard InChI is InChI=1S/C22H21FN2OS/c23-17-8-6-7-16(15-17)12-13-25-21(20-11-2-1-5-14-27-20)24-19-10-4-3-9-18(19)22(25)26/h6-8,11,15H,1-4,9-10,12-13H2. The van der Waals surface area contributed by atoms with Gasteiger partial charge < -0.3 is 0 Å². The largest absolute Gasteiger partial charge is 0.292 e. The maximum Gasteiger partial charge on any atom is 0.257 e. The number of hydrogen-bond donors (Lipinski definition) is 0. The van der Waals surface area contributed by atoms with Crippen LogP contribution in [0.25, 0.3) is 4.91 Å². The Labute approximate surface area is 162 Å². The molecule has 1 aromatic carbocycles. The van der Waals surface area contributed by atoms with E-state index in [2.05, 4.69) is 17.2 Å². The Bertz CT molecular complexity index is 1010. The van der Waals surface area contributed by atoms with Crippen LogP contribution in [0.5, 0.6) is 0 Å². The number of rotatable bonds is 4. The molecule has 27 heavy (non-hydrogen) atoms. The average molecular weight is 380 g/mol. The van der Waals surface area contributed by atoms with Crippen LogP contribution in [-0.2, 0) is 25.8 Å². The predicted molar refractivity (Wildman–Crippen MR) is 108 cm³/mol. The fraction of sp³-hybridized carbons (Fsp3) is 0.364. The minimum atomic E-state index is -0.249. The smallest absolute Gasteiger partial charge is 0.257 e. The Morgan fingerprint density at radius 1 is 1.26 bits per heavy atom. The molecule has 3 nitrogen and oxygen atoms in total. The summed E-state index contributed by atoms with van der Waals surface area (Å²) < 4.78 is 15.3. The Morgan fingerprint density at radius 2 is 2.15 bits per heavy atom. The quantitative estimate of drug-likeness (QED) is 0.741. The van der Waals surface area contributed by atoms with Gasteiger partial charge in [-0.2, -0.15) is 0 Å². The Balaban J connectivity index is 1.74. The first kappa shape index (κ1) is 18.1. The Kier molecular flexibility index (Phi) is 5.45. The summed E-state index contributed by atoms with van der Waals surface area (Å²) in [6.45, 7) is 0.489. The van der Waals surface area contributed by atoms with Crippen LogP contribution in [0, 0.1) is 17.0 Å². The number of aryl methyl sites for hydroxylation is 2. The molecule has 2 aliphatic rings. The molecule has 0 radical (unpaired) electrons. The maximum atomic E-state index is 13.5. The second-order valence-corrected chi connectivity index (χ2v) is 7.74. The molecular formula is C22H21FN2OS. The molecule has 0 saturated heterocycles. The molecule has 0 saturated carbocycles. The third-order valence-electron chi connectivity index (χ3n) is 5.00. The highest BCUT2D eigenvalue weighted by Gasteiger charge is 2.21. The second kappa shape index (κ2) is 8.14. The van der Waals surface area contributed by atoms with Gasteiger partial charge in [-0.05, 0) is 73.2 Å². The summed E-state index contributed by atoms with van der Waals surface area (Å²) in [5, 5.41) is 3.10. The molecule has 1 aromatic heterocycles. The molecule has 0 bridgehead atoms. The first-order valence-corrected chi connectivity index (χ1v) is 10.3. The summed E-state index contributed by atoms with van der Waals surface area (Å²) in [5.74, 6) is 3.58. The molecule has 4 rings (SSSR count). The lowest BCUT2D eigenvalue weighted by Gasteiger charge is -2.20. The lowest BCUT2D eigenvalue weighted by Crippen LogP contribution is -2.32. The van der Waals surface area contributed by atoms with E-state index in [4.69, 9.17) is 4.98 Å². The summed E-state index contributed by atoms with van der Waals surface area (Å²) in [7, 11) is 0. The van der Waals surface area contributed by atoms with Gasteiger partial charge in [0.2, 0.25) is 0 Å². The van der Waals surface area contributed by atoms with Gasteiger partial charge in [0.15, 0.2) is 0 Å². The second-order valence-electron chi connectivity index (χ2n) is 6.89. The van der Waals surface area contributed by atoms with Gasteiger partial charge in [-0.15, -0.1) is 0 Å². The van der Waals surface area contributed by atoms with Crippen molar-refractivity contribution in [2.24, 2.45) is 0 Å². The third kappa shape index (κ3) is 4.01. The van der Waals surface area contributed by atoms with Gasteiger partial charge in [0.05, 0.1) is 10.6 Å². The minimum Gasteiger partial charge on any atom is -0.292 e. The summed E-state index contributed by atoms with van der Waals surface area (Å²) in [4.78, 5) is 19.1. The van der Waals surface area contributed by atoms with Gasteiger partial charge >= 0.3 is 0 Å². The van der Waals surface area contributed by atoms with E-state index in [9.17, 15) is 9.18 Å². The minimum absolute atomic E-state index is 0.0600. The molecule has 0 N–H and O–H groups in total. The normalized spacial score (nSPS) is 16.0. The zero-order valence-electron chi connectivity index (χ0n) is 15.1. The van der Waals surface area contributed by atoms with Gasteiger partial charge in [0, 0.05) is 18.5 Å². The van der Waals surface area contributed by atoms with Crippen LogP contribution in [0.3, 0.4) is 0 Å². The van der Waals surface area contributed by atoms with Crippen LogP contribution in [0.4, 0.5) is 4.39 Å². The highest BCUT2D eigenvalue weighted by Crippen LogP contribution is 2.29. The molecule has 0 fully saturated rings. The summed E-state index contributed by atoms with van der Waals surface area (Å²) >= 11 is 1.45. The molecule has 1 aliphatic heterocycles. The highest BCUT2D eigenvalue weighted by molar-refractivity contribution is 8.12. The van der Waals surface area contributed by atoms with Crippen LogP contribution < -0.4 is 5.56 Å². The molecule has 0 amide bonds. The van der Waals surface area contributed by atoms with Crippen LogP contribution >= 0.6 is 11.8 Å². The number of benzene rings is 1. The molecule has 2 heterocycles. The van der Waals surface area contributed by atoms with Crippen LogP contribution in [-0.4, -0.2) is 9.55 Å². The van der Waals surface area contributed by atoms with E-state index in [0.29, 0.717) is 13.0 Å². The summed E-state index contributed by atoms with van der Waals surface area (Å²) in [6.07, 6.45) is 8.19. The topological polar surface area (TPSA) is 34.9 Å². The molecule has 0 spiro atoms. The number of fused-ring (bicyclic) bond motifs is 1. The van der Waals surface area contributed by atoms with E-state index in [1.54, 1.807) is 10.6 Å². The number of aromatic nitrogens is 2. The monoisotopic (exact) mass is 380 g/mol. The van der Waals surface area contributed by atoms with Crippen molar-refractivity contribution in [3.8, 4) is 11.2 Å². The average Bonchev–Trinajstić information content (AvgIpc) is 2.97. The van der Waals surface area contributed by atoms with Gasteiger partial charge in [0.25, 0.3) is 5.56 Å². The first-order valence-electron chi connectivity index (χ1n) is 9.44. The van der Waals surface area contributed by atoms with Crippen molar-refractivity contribution in [2.75, 3.05) is 0 Å². The Morgan fingerprint density at radius 3 is 3.04 bits per heavy atom. The van der Waals surface area contributed by atoms with Gasteiger partial charge in [-0.1, -0.05) is 24.1 Å². The number of hydrogen-bond acceptors (Lipinski definition) is 3. The van der Waals surface area contributed by atoms with E-state index in [1.807, 2.05) is 6.07 Å². The molecule has 138 valence electrons. The zero-order valence-corrected chi connectivity index (χ0v) is 15.9. The number of allylic oxidation sites excluding steroid dienone is 1. The van der Waals surface area contributed by atoms with Crippen LogP contribution in [0.2, 0.25) is 0 Å². The van der Waals surface area contributed by atoms with E-state index in [1.165, 1.54) is 23.9 Å². The van der Waals surface area contributed by atoms with Crippen molar-refractivity contribution < 1.29 is 4.39 Å². The highest BCUT2D eigenvalue weighted by atomic mass is 32.2. The molecular weight excluding hydrogens is 359 g/mol. The fourth-order valence-electron chi connectivity index (χ4n) is 3.62. The van der Waals surface area contributed by atoms with Crippen molar-refractivity contribution in [3.63, 3.8) is 0 Å². The van der Waals surface area contributed by atoms with Gasteiger partial charge in [-0.3, -0.25) is 9.36 Å². The van der Waals surface area contributed by atoms with Crippen molar-refractivity contribution in [2.45, 2.75) is 51.5 Å². The molecule has 5 heteroatoms. The van der Waals surface area contributed by atoms with Crippen LogP contribution in [0.1, 0.15) is 48.3 Å². The lowest BCUT2D eigenvalue weighted by molar-refractivity contribution is 0.588. The van der Waals surface area contributed by atoms with Crippen molar-refractivity contribution >= 4 is 16.7 Å². The van der Waals surface area contributed by atoms with Gasteiger partial charge in [-0.25, -0.2) is 9.37 Å². The first-order chi connectivity index (χ1) is 13.2. The fourth-order valence-corrected chi connectivity index (χ4v) is 4.35. The lowest BCUT2D eigenvalue weighted by atomic mass is 9.97. The SMILES string of the molecule is O=c1c2c(nc(C3=CCCC#CS3)n1CCc1cccc(F)c1)CCCC2. The predicted octanol–water partition coefficient (Wildman–Crippen LogP) is 4.33. The van der Waals surface area contributed by atoms with Crippen molar-refractivity contribution in [3.05, 3.63) is 69.2 Å². The zero-order chi connectivity index (χ0) is 18.6. The third-order valence-corrected chi connectivity index (χ3v) is 5.82. The number of nitrogens with zero attached hydrogens (tertiary/aromatic N) is 2. The maximum absolute atomic E-state index is 13.5. The summed E-state index contributed by atoms with van der Waals surface area (Å²) in [6, 6.07) is 6.57. The molecule has 2 aromatic rings. The number of halogens is 1. The van der Waals surface area contributed by atoms with E-state index >= 15 is 0 Å². The summed E-state index contributed by atoms with van der Waals surface area (Å²) in [5.41, 5.74) is 2.74. The number of thioether (sulfide) groups is 1. The van der Waals surface area contributed by atoms with E-state index in [0.717, 1.165) is 66.1 Å². The van der Waals surface area contributed by atoms with E-state index in [-0.39, 0.29) is 11.4 Å².